The number of hydrogen-bond acceptors (Lipinski definition) is 7. The highest BCUT2D eigenvalue weighted by Crippen LogP contribution is 2.30. The monoisotopic (exact) mass is 450 g/mol. The molecule has 158 valence electrons. The average Bonchev–Trinajstić information content (AvgIpc) is 3.44. The predicted octanol–water partition coefficient (Wildman–Crippen LogP) is 4.46. The summed E-state index contributed by atoms with van der Waals surface area (Å²) >= 11 is 3.01. The van der Waals surface area contributed by atoms with Crippen LogP contribution in [0, 0.1) is 5.92 Å². The Kier molecular flexibility index (Phi) is 6.73. The maximum absolute atomic E-state index is 12.2. The smallest absolute Gasteiger partial charge is 0.270 e. The fraction of sp³-hybridized carbons (Fsp3) is 0.227. The van der Waals surface area contributed by atoms with Crippen molar-refractivity contribution in [2.45, 2.75) is 24.8 Å². The molecule has 0 aliphatic heterocycles. The molecular formula is C22H22N6OS2. The largest absolute Gasteiger partial charge is 0.350 e. The number of nitrogens with one attached hydrogen (secondary N) is 1. The lowest BCUT2D eigenvalue weighted by atomic mass is 10.2. The first-order chi connectivity index (χ1) is 15.1. The summed E-state index contributed by atoms with van der Waals surface area (Å²) in [4.78, 5) is 20.9. The number of benzene rings is 1. The summed E-state index contributed by atoms with van der Waals surface area (Å²) < 4.78 is 2.02. The van der Waals surface area contributed by atoms with Gasteiger partial charge in [0.2, 0.25) is 0 Å². The Bertz CT molecular complexity index is 1140. The van der Waals surface area contributed by atoms with Crippen molar-refractivity contribution in [1.82, 2.24) is 30.0 Å². The molecule has 3 aromatic heterocycles. The van der Waals surface area contributed by atoms with E-state index < -0.39 is 0 Å². The van der Waals surface area contributed by atoms with Crippen LogP contribution in [0.1, 0.15) is 29.3 Å². The van der Waals surface area contributed by atoms with Crippen LogP contribution in [0.2, 0.25) is 0 Å². The number of thioether (sulfide) groups is 1. The molecule has 0 saturated heterocycles. The number of rotatable bonds is 8. The van der Waals surface area contributed by atoms with E-state index in [1.807, 2.05) is 47.0 Å². The fourth-order valence-electron chi connectivity index (χ4n) is 2.85. The molecule has 1 N–H and O–H groups in total. The molecule has 0 spiro atoms. The summed E-state index contributed by atoms with van der Waals surface area (Å²) in [6.07, 6.45) is 3.51. The molecule has 0 saturated carbocycles. The van der Waals surface area contributed by atoms with E-state index in [2.05, 4.69) is 39.3 Å². The van der Waals surface area contributed by atoms with Crippen molar-refractivity contribution in [3.63, 3.8) is 0 Å². The molecule has 0 aliphatic carbocycles. The Labute approximate surface area is 189 Å². The van der Waals surface area contributed by atoms with Gasteiger partial charge in [0.25, 0.3) is 5.91 Å². The lowest BCUT2D eigenvalue weighted by Crippen LogP contribution is -2.27. The Morgan fingerprint density at radius 1 is 1.16 bits per heavy atom. The zero-order valence-electron chi connectivity index (χ0n) is 17.2. The lowest BCUT2D eigenvalue weighted by molar-refractivity contribution is 0.0944. The first-order valence-electron chi connectivity index (χ1n) is 9.88. The quantitative estimate of drug-likeness (QED) is 0.399. The van der Waals surface area contributed by atoms with Gasteiger partial charge in [-0.05, 0) is 30.2 Å². The van der Waals surface area contributed by atoms with Crippen LogP contribution in [0.15, 0.2) is 65.4 Å². The number of hydrogen-bond donors (Lipinski definition) is 1. The molecule has 9 heteroatoms. The summed E-state index contributed by atoms with van der Waals surface area (Å²) in [5.41, 5.74) is 2.33. The zero-order valence-corrected chi connectivity index (χ0v) is 18.9. The zero-order chi connectivity index (χ0) is 21.6. The minimum atomic E-state index is -0.132. The van der Waals surface area contributed by atoms with Crippen LogP contribution in [-0.2, 0) is 5.75 Å². The number of carbonyl (C=O) groups is 1. The van der Waals surface area contributed by atoms with Crippen molar-refractivity contribution in [1.29, 1.82) is 0 Å². The number of pyridine rings is 1. The van der Waals surface area contributed by atoms with Gasteiger partial charge in [0, 0.05) is 35.6 Å². The SMILES string of the molecule is CC(C)CNC(=O)c1csc(CSc2nnc(-c3cccnc3)n2-c2ccccc2)n1. The molecule has 1 amide bonds. The third-order valence-corrected chi connectivity index (χ3v) is 6.32. The molecule has 1 aromatic carbocycles. The van der Waals surface area contributed by atoms with E-state index in [1.54, 1.807) is 17.8 Å². The molecule has 3 heterocycles. The molecule has 31 heavy (non-hydrogen) atoms. The first-order valence-corrected chi connectivity index (χ1v) is 11.7. The third kappa shape index (κ3) is 5.18. The van der Waals surface area contributed by atoms with Crippen molar-refractivity contribution in [2.24, 2.45) is 5.92 Å². The maximum atomic E-state index is 12.2. The van der Waals surface area contributed by atoms with E-state index in [-0.39, 0.29) is 5.91 Å². The van der Waals surface area contributed by atoms with Gasteiger partial charge in [-0.2, -0.15) is 0 Å². The molecule has 0 radical (unpaired) electrons. The van der Waals surface area contributed by atoms with Crippen LogP contribution in [0.4, 0.5) is 0 Å². The molecule has 7 nitrogen and oxygen atoms in total. The molecule has 0 bridgehead atoms. The molecule has 4 rings (SSSR count). The van der Waals surface area contributed by atoms with Crippen LogP contribution in [0.3, 0.4) is 0 Å². The Morgan fingerprint density at radius 3 is 2.74 bits per heavy atom. The van der Waals surface area contributed by atoms with Crippen molar-refractivity contribution in [2.75, 3.05) is 6.54 Å². The maximum Gasteiger partial charge on any atom is 0.270 e. The van der Waals surface area contributed by atoms with Crippen LogP contribution < -0.4 is 5.32 Å². The highest BCUT2D eigenvalue weighted by molar-refractivity contribution is 7.98. The number of thiazole rings is 1. The van der Waals surface area contributed by atoms with Crippen LogP contribution in [0.5, 0.6) is 0 Å². The van der Waals surface area contributed by atoms with Crippen molar-refractivity contribution in [3.05, 3.63) is 70.9 Å². The Hall–Kier alpha value is -3.04. The van der Waals surface area contributed by atoms with Gasteiger partial charge in [-0.15, -0.1) is 21.5 Å². The fourth-order valence-corrected chi connectivity index (χ4v) is 4.59. The minimum absolute atomic E-state index is 0.132. The normalized spacial score (nSPS) is 11.1. The number of para-hydroxylation sites is 1. The predicted molar refractivity (Wildman–Crippen MR) is 123 cm³/mol. The van der Waals surface area contributed by atoms with Crippen molar-refractivity contribution < 1.29 is 4.79 Å². The number of aromatic nitrogens is 5. The van der Waals surface area contributed by atoms with Gasteiger partial charge in [0.15, 0.2) is 11.0 Å². The summed E-state index contributed by atoms with van der Waals surface area (Å²) in [5, 5.41) is 15.2. The number of carbonyl (C=O) groups excluding carboxylic acids is 1. The van der Waals surface area contributed by atoms with Gasteiger partial charge in [-0.25, -0.2) is 4.98 Å². The van der Waals surface area contributed by atoms with Crippen molar-refractivity contribution >= 4 is 29.0 Å². The van der Waals surface area contributed by atoms with E-state index in [0.717, 1.165) is 27.2 Å². The van der Waals surface area contributed by atoms with Gasteiger partial charge in [-0.3, -0.25) is 14.3 Å². The number of nitrogens with zero attached hydrogens (tertiary/aromatic N) is 5. The molecule has 0 atom stereocenters. The van der Waals surface area contributed by atoms with E-state index in [1.165, 1.54) is 23.1 Å². The van der Waals surface area contributed by atoms with Gasteiger partial charge in [0.05, 0.1) is 5.75 Å². The lowest BCUT2D eigenvalue weighted by Gasteiger charge is -2.09. The van der Waals surface area contributed by atoms with Gasteiger partial charge in [0.1, 0.15) is 10.7 Å². The average molecular weight is 451 g/mol. The van der Waals surface area contributed by atoms with E-state index in [9.17, 15) is 4.79 Å². The highest BCUT2D eigenvalue weighted by atomic mass is 32.2. The second-order valence-corrected chi connectivity index (χ2v) is 9.12. The van der Waals surface area contributed by atoms with Crippen molar-refractivity contribution in [3.8, 4) is 17.1 Å². The third-order valence-electron chi connectivity index (χ3n) is 4.35. The Balaban J connectivity index is 1.55. The van der Waals surface area contributed by atoms with Gasteiger partial charge < -0.3 is 5.32 Å². The van der Waals surface area contributed by atoms with E-state index >= 15 is 0 Å². The van der Waals surface area contributed by atoms with E-state index in [0.29, 0.717) is 23.9 Å². The molecular weight excluding hydrogens is 428 g/mol. The van der Waals surface area contributed by atoms with Crippen LogP contribution >= 0.6 is 23.1 Å². The molecule has 0 aliphatic rings. The topological polar surface area (TPSA) is 85.6 Å². The molecule has 0 fully saturated rings. The summed E-state index contributed by atoms with van der Waals surface area (Å²) in [6, 6.07) is 13.8. The molecule has 4 aromatic rings. The standard InChI is InChI=1S/C22H22N6OS2/c1-15(2)11-24-21(29)18-13-30-19(25-18)14-31-22-27-26-20(16-7-6-10-23-12-16)28(22)17-8-4-3-5-9-17/h3-10,12-13,15H,11,14H2,1-2H3,(H,24,29). The summed E-state index contributed by atoms with van der Waals surface area (Å²) in [6.45, 7) is 4.76. The van der Waals surface area contributed by atoms with Crippen LogP contribution in [-0.4, -0.2) is 37.2 Å². The first kappa shape index (κ1) is 21.2. The molecule has 0 unspecified atom stereocenters. The van der Waals surface area contributed by atoms with Crippen LogP contribution in [0.25, 0.3) is 17.1 Å². The van der Waals surface area contributed by atoms with E-state index in [4.69, 9.17) is 0 Å². The second kappa shape index (κ2) is 9.84. The van der Waals surface area contributed by atoms with Gasteiger partial charge >= 0.3 is 0 Å². The van der Waals surface area contributed by atoms with Gasteiger partial charge in [-0.1, -0.05) is 43.8 Å². The Morgan fingerprint density at radius 2 is 2.00 bits per heavy atom. The highest BCUT2D eigenvalue weighted by Gasteiger charge is 2.17. The summed E-state index contributed by atoms with van der Waals surface area (Å²) in [5.74, 6) is 1.60. The summed E-state index contributed by atoms with van der Waals surface area (Å²) in [7, 11) is 0. The number of amides is 1. The minimum Gasteiger partial charge on any atom is -0.350 e. The second-order valence-electron chi connectivity index (χ2n) is 7.24.